The van der Waals surface area contributed by atoms with E-state index >= 15 is 0 Å². The van der Waals surface area contributed by atoms with Crippen LogP contribution in [-0.2, 0) is 16.1 Å². The number of benzene rings is 2. The van der Waals surface area contributed by atoms with Gasteiger partial charge in [0.25, 0.3) is 11.8 Å². The number of imide groups is 1. The Hall–Kier alpha value is -3.12. The third-order valence-electron chi connectivity index (χ3n) is 6.53. The highest BCUT2D eigenvalue weighted by atomic mass is 16.5. The summed E-state index contributed by atoms with van der Waals surface area (Å²) in [4.78, 5) is 33.0. The number of carbonyl (C=O) groups is 2. The van der Waals surface area contributed by atoms with Crippen LogP contribution in [0.2, 0.25) is 0 Å². The van der Waals surface area contributed by atoms with Crippen LogP contribution >= 0.6 is 0 Å². The monoisotopic (exact) mass is 447 g/mol. The van der Waals surface area contributed by atoms with Crippen LogP contribution in [-0.4, -0.2) is 66.3 Å². The van der Waals surface area contributed by atoms with E-state index in [-0.39, 0.29) is 24.4 Å². The van der Waals surface area contributed by atoms with Crippen LogP contribution < -0.4 is 4.74 Å². The minimum atomic E-state index is -0.235. The van der Waals surface area contributed by atoms with Crippen molar-refractivity contribution in [2.75, 3.05) is 33.8 Å². The fourth-order valence-electron chi connectivity index (χ4n) is 4.56. The molecule has 0 N–H and O–H groups in total. The highest BCUT2D eigenvalue weighted by Crippen LogP contribution is 2.35. The second-order valence-electron chi connectivity index (χ2n) is 8.92. The zero-order valence-corrected chi connectivity index (χ0v) is 19.8. The lowest BCUT2D eigenvalue weighted by Gasteiger charge is -2.36. The molecule has 2 aromatic carbocycles. The summed E-state index contributed by atoms with van der Waals surface area (Å²) >= 11 is 0. The number of hydrogen-bond donors (Lipinski definition) is 0. The van der Waals surface area contributed by atoms with E-state index in [1.807, 2.05) is 61.6 Å². The maximum absolute atomic E-state index is 13.6. The molecule has 0 unspecified atom stereocenters. The van der Waals surface area contributed by atoms with E-state index in [0.717, 1.165) is 49.2 Å². The molecule has 1 fully saturated rings. The zero-order chi connectivity index (χ0) is 23.4. The summed E-state index contributed by atoms with van der Waals surface area (Å²) in [7, 11) is 4.08. The average molecular weight is 448 g/mol. The van der Waals surface area contributed by atoms with Crippen LogP contribution in [0.3, 0.4) is 0 Å². The first-order chi connectivity index (χ1) is 16.0. The molecule has 0 atom stereocenters. The van der Waals surface area contributed by atoms with Gasteiger partial charge in [0, 0.05) is 13.1 Å². The molecular formula is C27H33N3O3. The van der Waals surface area contributed by atoms with Gasteiger partial charge in [0.2, 0.25) is 0 Å². The molecule has 0 bridgehead atoms. The van der Waals surface area contributed by atoms with Gasteiger partial charge in [-0.25, -0.2) is 0 Å². The summed E-state index contributed by atoms with van der Waals surface area (Å²) < 4.78 is 5.71. The van der Waals surface area contributed by atoms with E-state index in [4.69, 9.17) is 4.74 Å². The molecule has 2 amide bonds. The van der Waals surface area contributed by atoms with Gasteiger partial charge in [-0.2, -0.15) is 0 Å². The molecule has 0 aromatic heterocycles. The van der Waals surface area contributed by atoms with Crippen molar-refractivity contribution in [3.8, 4) is 5.75 Å². The van der Waals surface area contributed by atoms with Gasteiger partial charge in [0.05, 0.1) is 18.7 Å². The van der Waals surface area contributed by atoms with Gasteiger partial charge >= 0.3 is 0 Å². The van der Waals surface area contributed by atoms with Gasteiger partial charge in [-0.3, -0.25) is 14.5 Å². The molecule has 6 nitrogen and oxygen atoms in total. The van der Waals surface area contributed by atoms with Crippen molar-refractivity contribution in [3.05, 3.63) is 71.4 Å². The Labute approximate surface area is 196 Å². The molecule has 2 heterocycles. The Balaban J connectivity index is 1.68. The lowest BCUT2D eigenvalue weighted by molar-refractivity contribution is -0.138. The Morgan fingerprint density at radius 1 is 0.970 bits per heavy atom. The average Bonchev–Trinajstić information content (AvgIpc) is 3.08. The summed E-state index contributed by atoms with van der Waals surface area (Å²) in [5.74, 6) is 0.316. The number of hydrogen-bond acceptors (Lipinski definition) is 5. The molecule has 0 aliphatic carbocycles. The maximum Gasteiger partial charge on any atom is 0.278 e. The number of ether oxygens (including phenoxy) is 1. The highest BCUT2D eigenvalue weighted by molar-refractivity contribution is 6.35. The highest BCUT2D eigenvalue weighted by Gasteiger charge is 2.42. The Bertz CT molecular complexity index is 1010. The van der Waals surface area contributed by atoms with Crippen molar-refractivity contribution in [3.63, 3.8) is 0 Å². The minimum Gasteiger partial charge on any atom is -0.494 e. The number of likely N-dealkylation sites (N-methyl/N-ethyl adjacent to an activating group) is 1. The quantitative estimate of drug-likeness (QED) is 0.577. The molecule has 2 aliphatic rings. The molecule has 174 valence electrons. The summed E-state index contributed by atoms with van der Waals surface area (Å²) in [5.41, 5.74) is 2.68. The molecule has 0 saturated carbocycles. The molecule has 4 rings (SSSR count). The van der Waals surface area contributed by atoms with Gasteiger partial charge in [-0.05, 0) is 62.7 Å². The molecule has 1 saturated heterocycles. The zero-order valence-electron chi connectivity index (χ0n) is 19.8. The summed E-state index contributed by atoms with van der Waals surface area (Å²) in [6.07, 6.45) is 2.86. The van der Waals surface area contributed by atoms with Crippen LogP contribution in [0.1, 0.15) is 37.3 Å². The lowest BCUT2D eigenvalue weighted by atomic mass is 10.00. The van der Waals surface area contributed by atoms with Crippen molar-refractivity contribution in [2.24, 2.45) is 0 Å². The number of likely N-dealkylation sites (tertiary alicyclic amines) is 1. The third kappa shape index (κ3) is 4.96. The topological polar surface area (TPSA) is 53.1 Å². The van der Waals surface area contributed by atoms with E-state index in [1.54, 1.807) is 0 Å². The number of carbonyl (C=O) groups excluding carboxylic acids is 2. The Morgan fingerprint density at radius 3 is 2.27 bits per heavy atom. The standard InChI is InChI=1S/C27H33N3O3/c1-4-18-33-23-12-10-21(11-13-23)24-25(29(3)22-14-16-28(2)17-15-22)27(32)30(26(24)31)19-20-8-6-5-7-9-20/h5-13,22H,4,14-19H2,1-3H3. The van der Waals surface area contributed by atoms with Crippen molar-refractivity contribution in [2.45, 2.75) is 38.8 Å². The molecule has 0 spiro atoms. The molecule has 2 aliphatic heterocycles. The number of rotatable bonds is 8. The van der Waals surface area contributed by atoms with E-state index < -0.39 is 0 Å². The number of nitrogens with zero attached hydrogens (tertiary/aromatic N) is 3. The second-order valence-corrected chi connectivity index (χ2v) is 8.92. The predicted octanol–water partition coefficient (Wildman–Crippen LogP) is 3.78. The predicted molar refractivity (Wildman–Crippen MR) is 129 cm³/mol. The molecule has 6 heteroatoms. The molecular weight excluding hydrogens is 414 g/mol. The summed E-state index contributed by atoms with van der Waals surface area (Å²) in [5, 5.41) is 0. The van der Waals surface area contributed by atoms with Gasteiger partial charge < -0.3 is 14.5 Å². The van der Waals surface area contributed by atoms with Crippen LogP contribution in [0.15, 0.2) is 60.3 Å². The Kier molecular flexibility index (Phi) is 7.14. The van der Waals surface area contributed by atoms with Crippen molar-refractivity contribution < 1.29 is 14.3 Å². The largest absolute Gasteiger partial charge is 0.494 e. The van der Waals surface area contributed by atoms with Crippen molar-refractivity contribution in [1.82, 2.24) is 14.7 Å². The SMILES string of the molecule is CCCOc1ccc(C2=C(N(C)C3CCN(C)CC3)C(=O)N(Cc3ccccc3)C2=O)cc1. The molecule has 33 heavy (non-hydrogen) atoms. The lowest BCUT2D eigenvalue weighted by Crippen LogP contribution is -2.43. The van der Waals surface area contributed by atoms with Gasteiger partial charge in [0.1, 0.15) is 11.4 Å². The summed E-state index contributed by atoms with van der Waals surface area (Å²) in [6, 6.07) is 17.4. The van der Waals surface area contributed by atoms with Crippen molar-refractivity contribution >= 4 is 17.4 Å². The van der Waals surface area contributed by atoms with E-state index in [1.165, 1.54) is 4.90 Å². The third-order valence-corrected chi connectivity index (χ3v) is 6.53. The summed E-state index contributed by atoms with van der Waals surface area (Å²) in [6.45, 7) is 4.95. The van der Waals surface area contributed by atoms with E-state index in [9.17, 15) is 9.59 Å². The van der Waals surface area contributed by atoms with Crippen LogP contribution in [0.25, 0.3) is 5.57 Å². The minimum absolute atomic E-state index is 0.216. The maximum atomic E-state index is 13.6. The fraction of sp³-hybridized carbons (Fsp3) is 0.407. The van der Waals surface area contributed by atoms with Crippen LogP contribution in [0.5, 0.6) is 5.75 Å². The normalized spacial score (nSPS) is 17.7. The van der Waals surface area contributed by atoms with E-state index in [0.29, 0.717) is 17.9 Å². The molecule has 2 aromatic rings. The Morgan fingerprint density at radius 2 is 1.64 bits per heavy atom. The van der Waals surface area contributed by atoms with Crippen LogP contribution in [0.4, 0.5) is 0 Å². The van der Waals surface area contributed by atoms with E-state index in [2.05, 4.69) is 23.8 Å². The number of piperidine rings is 1. The van der Waals surface area contributed by atoms with Crippen molar-refractivity contribution in [1.29, 1.82) is 0 Å². The first-order valence-electron chi connectivity index (χ1n) is 11.8. The molecule has 0 radical (unpaired) electrons. The van der Waals surface area contributed by atoms with Crippen LogP contribution in [0, 0.1) is 0 Å². The first kappa shape index (κ1) is 23.1. The number of amides is 2. The van der Waals surface area contributed by atoms with Gasteiger partial charge in [0.15, 0.2) is 0 Å². The van der Waals surface area contributed by atoms with Gasteiger partial charge in [-0.1, -0.05) is 49.4 Å². The van der Waals surface area contributed by atoms with Gasteiger partial charge in [-0.15, -0.1) is 0 Å². The first-order valence-corrected chi connectivity index (χ1v) is 11.8. The smallest absolute Gasteiger partial charge is 0.278 e. The fourth-order valence-corrected chi connectivity index (χ4v) is 4.56. The second kappa shape index (κ2) is 10.2.